The molecule has 8 rings (SSSR count). The largest absolute Gasteiger partial charge is 0.467 e. The van der Waals surface area contributed by atoms with Crippen LogP contribution in [0, 0.1) is 23.7 Å². The van der Waals surface area contributed by atoms with Crippen molar-refractivity contribution in [2.45, 2.75) is 256 Å². The molecule has 8 atom stereocenters. The number of allylic oxidation sites excluding steroid dienone is 2. The Morgan fingerprint density at radius 3 is 1.16 bits per heavy atom. The molecule has 0 amide bonds. The SMILES string of the molecule is CCCCCCCCCCCCc1c(Br)c(Br)c(CCCCCCCCCCCC)c2c1[C@H]1O[C@@H]2[C@H]2[C@@H]1[C@@H]1CCCCCC[C@@H]3C1=C1[C@H](CCCCCC[C@@H]12)c1c(OCOC)ccc(OCOC)c13. The molecular weight excluding hydrogens is 984 g/mol. The van der Waals surface area contributed by atoms with E-state index in [9.17, 15) is 0 Å². The Labute approximate surface area is 437 Å². The first-order valence-electron chi connectivity index (χ1n) is 29.4. The lowest BCUT2D eigenvalue weighted by atomic mass is 9.50. The van der Waals surface area contributed by atoms with Crippen molar-refractivity contribution in [2.24, 2.45) is 23.7 Å². The lowest BCUT2D eigenvalue weighted by molar-refractivity contribution is 0.0462. The Kier molecular flexibility index (Phi) is 21.7. The minimum absolute atomic E-state index is 0.164. The van der Waals surface area contributed by atoms with Crippen LogP contribution in [0.4, 0.5) is 0 Å². The highest BCUT2D eigenvalue weighted by molar-refractivity contribution is 9.13. The average Bonchev–Trinajstić information content (AvgIpc) is 3.98. The molecule has 0 aromatic heterocycles. The first-order chi connectivity index (χ1) is 34.0. The van der Waals surface area contributed by atoms with Crippen LogP contribution in [0.1, 0.15) is 277 Å². The number of hydrogen-bond donors (Lipinski definition) is 0. The van der Waals surface area contributed by atoms with Crippen LogP contribution in [0.15, 0.2) is 32.2 Å². The third-order valence-electron chi connectivity index (χ3n) is 18.1. The van der Waals surface area contributed by atoms with Crippen molar-refractivity contribution in [1.29, 1.82) is 0 Å². The zero-order valence-corrected chi connectivity index (χ0v) is 47.2. The van der Waals surface area contributed by atoms with E-state index in [1.165, 1.54) is 226 Å². The van der Waals surface area contributed by atoms with Gasteiger partial charge in [0.15, 0.2) is 13.6 Å². The maximum Gasteiger partial charge on any atom is 0.188 e. The fourth-order valence-electron chi connectivity index (χ4n) is 15.1. The van der Waals surface area contributed by atoms with Gasteiger partial charge in [-0.05, 0) is 129 Å². The van der Waals surface area contributed by atoms with Gasteiger partial charge in [-0.3, -0.25) is 0 Å². The van der Waals surface area contributed by atoms with Crippen molar-refractivity contribution < 1.29 is 23.7 Å². The minimum Gasteiger partial charge on any atom is -0.467 e. The zero-order valence-electron chi connectivity index (χ0n) is 44.0. The molecule has 0 radical (unpaired) electrons. The number of halogens is 2. The van der Waals surface area contributed by atoms with Crippen LogP contribution in [0.5, 0.6) is 11.5 Å². The van der Waals surface area contributed by atoms with Gasteiger partial charge >= 0.3 is 0 Å². The number of rotatable bonds is 28. The molecule has 2 heterocycles. The molecule has 4 aliphatic carbocycles. The van der Waals surface area contributed by atoms with Crippen molar-refractivity contribution in [3.8, 4) is 11.5 Å². The molecule has 0 N–H and O–H groups in total. The van der Waals surface area contributed by atoms with Crippen molar-refractivity contribution in [1.82, 2.24) is 0 Å². The highest BCUT2D eigenvalue weighted by Gasteiger charge is 2.63. The van der Waals surface area contributed by atoms with Crippen LogP contribution in [0.3, 0.4) is 0 Å². The van der Waals surface area contributed by atoms with Gasteiger partial charge in [0.2, 0.25) is 0 Å². The van der Waals surface area contributed by atoms with E-state index in [1.54, 1.807) is 36.5 Å². The number of benzene rings is 2. The molecule has 7 heteroatoms. The number of methoxy groups -OCH3 is 2. The summed E-state index contributed by atoms with van der Waals surface area (Å²) in [6, 6.07) is 4.38. The molecule has 2 aromatic rings. The molecule has 6 aliphatic rings. The summed E-state index contributed by atoms with van der Waals surface area (Å²) in [6.07, 6.45) is 45.3. The zero-order chi connectivity index (χ0) is 48.0. The first-order valence-corrected chi connectivity index (χ1v) is 31.0. The molecule has 0 spiro atoms. The van der Waals surface area contributed by atoms with E-state index in [-0.39, 0.29) is 25.8 Å². The second-order valence-corrected chi connectivity index (χ2v) is 24.2. The lowest BCUT2D eigenvalue weighted by Gasteiger charge is -2.53. The summed E-state index contributed by atoms with van der Waals surface area (Å²) < 4.78 is 35.1. The van der Waals surface area contributed by atoms with Gasteiger partial charge in [0.05, 0.1) is 12.2 Å². The van der Waals surface area contributed by atoms with Crippen LogP contribution in [0.25, 0.3) is 0 Å². The van der Waals surface area contributed by atoms with E-state index in [1.807, 2.05) is 11.1 Å². The van der Waals surface area contributed by atoms with Gasteiger partial charge in [-0.15, -0.1) is 0 Å². The highest BCUT2D eigenvalue weighted by Crippen LogP contribution is 2.73. The molecule has 0 unspecified atom stereocenters. The summed E-state index contributed by atoms with van der Waals surface area (Å²) in [5.74, 6) is 4.70. The van der Waals surface area contributed by atoms with E-state index in [0.717, 1.165) is 24.3 Å². The third-order valence-corrected chi connectivity index (χ3v) is 20.4. The summed E-state index contributed by atoms with van der Waals surface area (Å²) >= 11 is 8.73. The molecule has 2 saturated carbocycles. The summed E-state index contributed by atoms with van der Waals surface area (Å²) in [4.78, 5) is 0. The van der Waals surface area contributed by atoms with E-state index >= 15 is 0 Å². The number of hydrogen-bond acceptors (Lipinski definition) is 5. The summed E-state index contributed by atoms with van der Waals surface area (Å²) in [7, 11) is 3.50. The number of fused-ring (bicyclic) bond motifs is 13. The van der Waals surface area contributed by atoms with Crippen LogP contribution in [-0.2, 0) is 27.1 Å². The predicted octanol–water partition coefficient (Wildman–Crippen LogP) is 19.6. The van der Waals surface area contributed by atoms with Gasteiger partial charge in [0, 0.05) is 58.0 Å². The van der Waals surface area contributed by atoms with Crippen molar-refractivity contribution >= 4 is 31.9 Å². The Bertz CT molecular complexity index is 1810. The molecule has 2 aliphatic heterocycles. The van der Waals surface area contributed by atoms with Gasteiger partial charge in [0.25, 0.3) is 0 Å². The van der Waals surface area contributed by atoms with Gasteiger partial charge in [-0.1, -0.05) is 192 Å². The Balaban J connectivity index is 1.17. The Morgan fingerprint density at radius 2 is 0.797 bits per heavy atom. The maximum absolute atomic E-state index is 7.86. The minimum atomic E-state index is 0.164. The predicted molar refractivity (Wildman–Crippen MR) is 293 cm³/mol. The van der Waals surface area contributed by atoms with Crippen LogP contribution >= 0.6 is 31.9 Å². The smallest absolute Gasteiger partial charge is 0.188 e. The van der Waals surface area contributed by atoms with E-state index < -0.39 is 0 Å². The Hall–Kier alpha value is -1.38. The molecule has 2 aromatic carbocycles. The van der Waals surface area contributed by atoms with Gasteiger partial charge in [0.1, 0.15) is 11.5 Å². The molecule has 1 saturated heterocycles. The van der Waals surface area contributed by atoms with Crippen molar-refractivity contribution in [3.05, 3.63) is 65.6 Å². The van der Waals surface area contributed by atoms with Gasteiger partial charge in [-0.25, -0.2) is 0 Å². The van der Waals surface area contributed by atoms with E-state index in [0.29, 0.717) is 35.5 Å². The van der Waals surface area contributed by atoms with E-state index in [2.05, 4.69) is 57.8 Å². The molecule has 2 bridgehead atoms. The quantitative estimate of drug-likeness (QED) is 0.0483. The van der Waals surface area contributed by atoms with Crippen molar-refractivity contribution in [3.63, 3.8) is 0 Å². The summed E-state index contributed by atoms with van der Waals surface area (Å²) in [6.45, 7) is 5.16. The van der Waals surface area contributed by atoms with Gasteiger partial charge in [-0.2, -0.15) is 0 Å². The Morgan fingerprint density at radius 1 is 0.449 bits per heavy atom. The molecule has 3 fully saturated rings. The van der Waals surface area contributed by atoms with Crippen LogP contribution in [0.2, 0.25) is 0 Å². The maximum atomic E-state index is 7.86. The topological polar surface area (TPSA) is 46.2 Å². The van der Waals surface area contributed by atoms with Crippen LogP contribution in [-0.4, -0.2) is 27.8 Å². The normalized spacial score (nSPS) is 25.9. The summed E-state index contributed by atoms with van der Waals surface area (Å²) in [5, 5.41) is 0. The van der Waals surface area contributed by atoms with Crippen LogP contribution < -0.4 is 9.47 Å². The second kappa shape index (κ2) is 27.8. The molecular formula is C62H94Br2O5. The molecule has 386 valence electrons. The summed E-state index contributed by atoms with van der Waals surface area (Å²) in [5.41, 5.74) is 12.9. The van der Waals surface area contributed by atoms with Gasteiger partial charge < -0.3 is 23.7 Å². The number of unbranched alkanes of at least 4 members (excludes halogenated alkanes) is 18. The van der Waals surface area contributed by atoms with E-state index in [4.69, 9.17) is 23.7 Å². The monoisotopic (exact) mass is 1080 g/mol. The average molecular weight is 1080 g/mol. The molecule has 5 nitrogen and oxygen atoms in total. The number of ether oxygens (including phenoxy) is 5. The fraction of sp³-hybridized carbons (Fsp3) is 0.774. The molecule has 69 heavy (non-hydrogen) atoms. The highest BCUT2D eigenvalue weighted by atomic mass is 79.9. The lowest BCUT2D eigenvalue weighted by Crippen LogP contribution is -2.44. The fourth-order valence-corrected chi connectivity index (χ4v) is 16.4. The standard InChI is InChI=1S/C62H94Br2O5/c1-5-7-9-11-13-15-17-19-21-31-37-47-57-58(48(60(64)59(47)63)38-32-22-20-18-16-14-12-10-8-6-2)62-56-46-36-30-26-24-28-34-44-52(46)51-43(33-27-23-25-29-35-45(51)55(56)61(57)69-62)53-49(67-41-65-3)39-40-50(54(44)53)68-42-66-4/h39-40,43-46,55-56,61-62H,5-38,41-42H2,1-4H3/t43-,44+,45-,46+,55+,56-,61+,62-. The third kappa shape index (κ3) is 12.4. The first kappa shape index (κ1) is 53.9. The van der Waals surface area contributed by atoms with Crippen molar-refractivity contribution in [2.75, 3.05) is 27.8 Å². The second-order valence-electron chi connectivity index (χ2n) is 22.6.